The van der Waals surface area contributed by atoms with E-state index in [4.69, 9.17) is 0 Å². The van der Waals surface area contributed by atoms with Crippen LogP contribution in [0.15, 0.2) is 109 Å². The van der Waals surface area contributed by atoms with Gasteiger partial charge in [0.1, 0.15) is 0 Å². The first kappa shape index (κ1) is 17.3. The van der Waals surface area contributed by atoms with E-state index in [1.807, 2.05) is 0 Å². The molecule has 0 bridgehead atoms. The van der Waals surface area contributed by atoms with Gasteiger partial charge in [0.15, 0.2) is 0 Å². The van der Waals surface area contributed by atoms with E-state index in [1.165, 1.54) is 62.7 Å². The average molecular weight is 457 g/mol. The van der Waals surface area contributed by atoms with Crippen molar-refractivity contribution in [3.8, 4) is 11.1 Å². The van der Waals surface area contributed by atoms with Crippen molar-refractivity contribution in [2.24, 2.45) is 0 Å². The summed E-state index contributed by atoms with van der Waals surface area (Å²) in [6.07, 6.45) is 0. The van der Waals surface area contributed by atoms with Crippen molar-refractivity contribution in [3.63, 3.8) is 0 Å². The molecule has 31 heavy (non-hydrogen) atoms. The number of fused-ring (bicyclic) bond motifs is 9. The Morgan fingerprint density at radius 3 is 1.45 bits per heavy atom. The number of hydrogen-bond acceptors (Lipinski definition) is 0. The van der Waals surface area contributed by atoms with Crippen LogP contribution in [0.2, 0.25) is 0 Å². The molecule has 0 unspecified atom stereocenters. The zero-order chi connectivity index (χ0) is 20.4. The van der Waals surface area contributed by atoms with Crippen molar-refractivity contribution in [1.29, 1.82) is 0 Å². The van der Waals surface area contributed by atoms with Crippen LogP contribution in [-0.4, -0.2) is 14.5 Å². The van der Waals surface area contributed by atoms with Gasteiger partial charge in [0.2, 0.25) is 0 Å². The predicted molar refractivity (Wildman–Crippen MR) is 136 cm³/mol. The molecule has 7 aromatic rings. The second-order valence-corrected chi connectivity index (χ2v) is 10.4. The minimum absolute atomic E-state index is 0.420. The molecule has 0 saturated carbocycles. The summed E-state index contributed by atoms with van der Waals surface area (Å²) in [5.74, 6) is 0. The molecule has 1 heterocycles. The van der Waals surface area contributed by atoms with Crippen LogP contribution in [0.25, 0.3) is 62.7 Å². The maximum atomic E-state index is 2.40. The van der Waals surface area contributed by atoms with Crippen LogP contribution < -0.4 is 0 Å². The SMILES string of the molecule is c1ccc2c(c1)[se]c1ccc(-c3ccc4c5ccccc5c5ccccc5c4c3)cc12. The van der Waals surface area contributed by atoms with Crippen molar-refractivity contribution in [3.05, 3.63) is 109 Å². The van der Waals surface area contributed by atoms with Gasteiger partial charge in [0, 0.05) is 0 Å². The van der Waals surface area contributed by atoms with E-state index in [2.05, 4.69) is 109 Å². The summed E-state index contributed by atoms with van der Waals surface area (Å²) in [6.45, 7) is 0. The molecular formula is C30H18Se. The van der Waals surface area contributed by atoms with Gasteiger partial charge in [0.25, 0.3) is 0 Å². The quantitative estimate of drug-likeness (QED) is 0.172. The molecule has 0 saturated heterocycles. The van der Waals surface area contributed by atoms with Gasteiger partial charge in [-0.15, -0.1) is 0 Å². The van der Waals surface area contributed by atoms with Crippen molar-refractivity contribution in [2.45, 2.75) is 0 Å². The van der Waals surface area contributed by atoms with Crippen LogP contribution in [0.4, 0.5) is 0 Å². The molecule has 6 aromatic carbocycles. The first-order valence-electron chi connectivity index (χ1n) is 10.6. The summed E-state index contributed by atoms with van der Waals surface area (Å²) in [5.41, 5.74) is 2.58. The Labute approximate surface area is 186 Å². The standard InChI is InChI=1S/C30H18Se/c1-2-9-23-21(7-1)22-8-3-4-10-24(22)27-17-19(13-15-25(23)27)20-14-16-30-28(18-20)26-11-5-6-12-29(26)31-30/h1-18H. The van der Waals surface area contributed by atoms with Gasteiger partial charge < -0.3 is 0 Å². The molecule has 1 aromatic heterocycles. The molecule has 0 aliphatic rings. The molecule has 0 radical (unpaired) electrons. The molecule has 7 rings (SSSR count). The zero-order valence-corrected chi connectivity index (χ0v) is 18.5. The van der Waals surface area contributed by atoms with Crippen LogP contribution >= 0.6 is 0 Å². The predicted octanol–water partition coefficient (Wildman–Crippen LogP) is 8.18. The van der Waals surface area contributed by atoms with E-state index in [-0.39, 0.29) is 0 Å². The molecule has 0 N–H and O–H groups in total. The third-order valence-corrected chi connectivity index (χ3v) is 8.87. The Morgan fingerprint density at radius 2 is 0.774 bits per heavy atom. The molecule has 0 amide bonds. The van der Waals surface area contributed by atoms with Crippen molar-refractivity contribution in [2.75, 3.05) is 0 Å². The van der Waals surface area contributed by atoms with E-state index in [1.54, 1.807) is 0 Å². The summed E-state index contributed by atoms with van der Waals surface area (Å²) in [7, 11) is 0. The summed E-state index contributed by atoms with van der Waals surface area (Å²) in [4.78, 5) is 0. The molecule has 0 atom stereocenters. The normalized spacial score (nSPS) is 11.9. The topological polar surface area (TPSA) is 0 Å². The summed E-state index contributed by atoms with van der Waals surface area (Å²) >= 11 is 0.420. The molecule has 0 fully saturated rings. The maximum absolute atomic E-state index is 2.40. The number of hydrogen-bond donors (Lipinski definition) is 0. The molecule has 1 heteroatoms. The van der Waals surface area contributed by atoms with Crippen LogP contribution in [0, 0.1) is 0 Å². The summed E-state index contributed by atoms with van der Waals surface area (Å²) in [6, 6.07) is 40.5. The molecule has 0 spiro atoms. The first-order valence-corrected chi connectivity index (χ1v) is 12.3. The molecule has 0 aliphatic carbocycles. The van der Waals surface area contributed by atoms with E-state index < -0.39 is 0 Å². The Morgan fingerprint density at radius 1 is 0.323 bits per heavy atom. The Balaban J connectivity index is 1.54. The number of rotatable bonds is 1. The third-order valence-electron chi connectivity index (χ3n) is 6.45. The van der Waals surface area contributed by atoms with E-state index >= 15 is 0 Å². The fraction of sp³-hybridized carbons (Fsp3) is 0. The van der Waals surface area contributed by atoms with E-state index in [9.17, 15) is 0 Å². The number of benzene rings is 6. The molecule has 144 valence electrons. The molecular weight excluding hydrogens is 439 g/mol. The van der Waals surface area contributed by atoms with Crippen LogP contribution in [0.5, 0.6) is 0 Å². The van der Waals surface area contributed by atoms with Crippen LogP contribution in [-0.2, 0) is 0 Å². The minimum atomic E-state index is 0.420. The summed E-state index contributed by atoms with van der Waals surface area (Å²) < 4.78 is 2.99. The van der Waals surface area contributed by atoms with Crippen molar-refractivity contribution in [1.82, 2.24) is 0 Å². The monoisotopic (exact) mass is 458 g/mol. The van der Waals surface area contributed by atoms with Gasteiger partial charge >= 0.3 is 186 Å². The summed E-state index contributed by atoms with van der Waals surface area (Å²) in [5, 5.41) is 10.8. The zero-order valence-electron chi connectivity index (χ0n) is 16.8. The van der Waals surface area contributed by atoms with Crippen LogP contribution in [0.3, 0.4) is 0 Å². The second-order valence-electron chi connectivity index (χ2n) is 8.16. The molecule has 0 nitrogen and oxygen atoms in total. The van der Waals surface area contributed by atoms with E-state index in [0.29, 0.717) is 14.5 Å². The first-order chi connectivity index (χ1) is 15.4. The average Bonchev–Trinajstić information content (AvgIpc) is 3.22. The Kier molecular flexibility index (Phi) is 3.66. The second kappa shape index (κ2) is 6.56. The van der Waals surface area contributed by atoms with Crippen LogP contribution in [0.1, 0.15) is 0 Å². The van der Waals surface area contributed by atoms with Gasteiger partial charge in [-0.05, 0) is 0 Å². The van der Waals surface area contributed by atoms with Gasteiger partial charge in [0.05, 0.1) is 0 Å². The van der Waals surface area contributed by atoms with Gasteiger partial charge in [-0.3, -0.25) is 0 Å². The van der Waals surface area contributed by atoms with Gasteiger partial charge in [-0.25, -0.2) is 0 Å². The van der Waals surface area contributed by atoms with Crippen molar-refractivity contribution < 1.29 is 0 Å². The Bertz CT molecular complexity index is 1750. The molecule has 0 aliphatic heterocycles. The van der Waals surface area contributed by atoms with Gasteiger partial charge in [-0.2, -0.15) is 0 Å². The fourth-order valence-electron chi connectivity index (χ4n) is 4.99. The Hall–Kier alpha value is -3.38. The van der Waals surface area contributed by atoms with Gasteiger partial charge in [-0.1, -0.05) is 0 Å². The third kappa shape index (κ3) is 2.55. The fourth-order valence-corrected chi connectivity index (χ4v) is 7.27. The van der Waals surface area contributed by atoms with E-state index in [0.717, 1.165) is 0 Å². The van der Waals surface area contributed by atoms with Crippen molar-refractivity contribution >= 4 is 66.1 Å².